The molecule has 2 fully saturated rings. The molecule has 1 aliphatic carbocycles. The number of benzene rings is 1. The number of rotatable bonds is 16. The second-order valence-corrected chi connectivity index (χ2v) is 11.2. The standard InChI is InChI=1S/C32H50O6/c1-4-7-22-35-30(33)28-29(31(34)36-23-8-5-2)38-32(37-28)27-20-18-26(19-21-27)13-10-9-12-25-16-14-24(11-6-3)15-17-25/h18-21,24-25,28-29,32H,4-17,22-23H2,1-3H3/t24?,25?,28-,29-/m1/s1. The van der Waals surface area contributed by atoms with Crippen LogP contribution in [0.2, 0.25) is 0 Å². The first-order valence-corrected chi connectivity index (χ1v) is 15.3. The molecular formula is C32H50O6. The third-order valence-corrected chi connectivity index (χ3v) is 8.01. The fourth-order valence-corrected chi connectivity index (χ4v) is 5.58. The van der Waals surface area contributed by atoms with E-state index in [1.54, 1.807) is 0 Å². The summed E-state index contributed by atoms with van der Waals surface area (Å²) in [7, 11) is 0. The molecule has 1 heterocycles. The van der Waals surface area contributed by atoms with Crippen molar-refractivity contribution in [2.45, 2.75) is 129 Å². The first kappa shape index (κ1) is 30.6. The fourth-order valence-electron chi connectivity index (χ4n) is 5.58. The molecule has 214 valence electrons. The van der Waals surface area contributed by atoms with Gasteiger partial charge in [0.2, 0.25) is 0 Å². The molecular weight excluding hydrogens is 480 g/mol. The number of carbonyl (C=O) groups is 2. The maximum atomic E-state index is 12.7. The van der Waals surface area contributed by atoms with Gasteiger partial charge in [-0.15, -0.1) is 0 Å². The van der Waals surface area contributed by atoms with E-state index >= 15 is 0 Å². The first-order valence-electron chi connectivity index (χ1n) is 15.3. The molecule has 6 nitrogen and oxygen atoms in total. The highest BCUT2D eigenvalue weighted by molar-refractivity contribution is 5.86. The van der Waals surface area contributed by atoms with Crippen LogP contribution in [0.3, 0.4) is 0 Å². The van der Waals surface area contributed by atoms with Gasteiger partial charge in [-0.1, -0.05) is 109 Å². The topological polar surface area (TPSA) is 71.1 Å². The summed E-state index contributed by atoms with van der Waals surface area (Å²) in [6, 6.07) is 8.14. The number of hydrogen-bond donors (Lipinski definition) is 0. The van der Waals surface area contributed by atoms with E-state index in [2.05, 4.69) is 19.1 Å². The highest BCUT2D eigenvalue weighted by Gasteiger charge is 2.47. The van der Waals surface area contributed by atoms with Gasteiger partial charge in [0.1, 0.15) is 0 Å². The van der Waals surface area contributed by atoms with Crippen molar-refractivity contribution in [3.63, 3.8) is 0 Å². The molecule has 2 aliphatic rings. The van der Waals surface area contributed by atoms with E-state index in [1.165, 1.54) is 63.4 Å². The van der Waals surface area contributed by atoms with Crippen molar-refractivity contribution in [3.05, 3.63) is 35.4 Å². The van der Waals surface area contributed by atoms with Gasteiger partial charge in [0, 0.05) is 5.56 Å². The molecule has 0 unspecified atom stereocenters. The van der Waals surface area contributed by atoms with Crippen molar-refractivity contribution in [1.29, 1.82) is 0 Å². The lowest BCUT2D eigenvalue weighted by Gasteiger charge is -2.28. The summed E-state index contributed by atoms with van der Waals surface area (Å²) in [6.07, 6.45) is 13.6. The van der Waals surface area contributed by atoms with Crippen molar-refractivity contribution in [2.75, 3.05) is 13.2 Å². The molecule has 2 atom stereocenters. The van der Waals surface area contributed by atoms with Crippen LogP contribution in [0.25, 0.3) is 0 Å². The Labute approximate surface area is 230 Å². The van der Waals surface area contributed by atoms with Crippen LogP contribution in [0.1, 0.15) is 122 Å². The van der Waals surface area contributed by atoms with Crippen LogP contribution in [-0.2, 0) is 35.0 Å². The molecule has 0 N–H and O–H groups in total. The Morgan fingerprint density at radius 2 is 1.24 bits per heavy atom. The van der Waals surface area contributed by atoms with E-state index in [9.17, 15) is 9.59 Å². The second-order valence-electron chi connectivity index (χ2n) is 11.2. The molecule has 1 saturated carbocycles. The largest absolute Gasteiger partial charge is 0.464 e. The zero-order chi connectivity index (χ0) is 27.2. The van der Waals surface area contributed by atoms with E-state index in [1.807, 2.05) is 26.0 Å². The Balaban J connectivity index is 1.47. The lowest BCUT2D eigenvalue weighted by Crippen LogP contribution is -2.39. The van der Waals surface area contributed by atoms with Crippen LogP contribution in [0.15, 0.2) is 24.3 Å². The molecule has 0 bridgehead atoms. The van der Waals surface area contributed by atoms with Gasteiger partial charge in [-0.3, -0.25) is 0 Å². The number of unbranched alkanes of at least 4 members (excludes halogenated alkanes) is 3. The zero-order valence-corrected chi connectivity index (χ0v) is 24.0. The molecule has 1 aromatic carbocycles. The molecule has 6 heteroatoms. The molecule has 38 heavy (non-hydrogen) atoms. The molecule has 1 aliphatic heterocycles. The molecule has 1 saturated heterocycles. The molecule has 0 aromatic heterocycles. The summed E-state index contributed by atoms with van der Waals surface area (Å²) in [6.45, 7) is 6.95. The predicted molar refractivity (Wildman–Crippen MR) is 149 cm³/mol. The van der Waals surface area contributed by atoms with Crippen molar-refractivity contribution in [2.24, 2.45) is 11.8 Å². The monoisotopic (exact) mass is 530 g/mol. The minimum Gasteiger partial charge on any atom is -0.464 e. The Kier molecular flexibility index (Phi) is 13.6. The van der Waals surface area contributed by atoms with Crippen LogP contribution >= 0.6 is 0 Å². The smallest absolute Gasteiger partial charge is 0.338 e. The molecule has 0 amide bonds. The lowest BCUT2D eigenvalue weighted by atomic mass is 9.78. The maximum absolute atomic E-state index is 12.7. The van der Waals surface area contributed by atoms with Gasteiger partial charge in [-0.2, -0.15) is 0 Å². The second kappa shape index (κ2) is 16.9. The molecule has 0 spiro atoms. The third-order valence-electron chi connectivity index (χ3n) is 8.01. The summed E-state index contributed by atoms with van der Waals surface area (Å²) in [4.78, 5) is 25.3. The van der Waals surface area contributed by atoms with Crippen LogP contribution in [0.5, 0.6) is 0 Å². The van der Waals surface area contributed by atoms with Gasteiger partial charge in [-0.05, 0) is 43.1 Å². The van der Waals surface area contributed by atoms with E-state index < -0.39 is 30.4 Å². The van der Waals surface area contributed by atoms with Crippen molar-refractivity contribution >= 4 is 11.9 Å². The molecule has 1 aromatic rings. The normalized spacial score (nSPS) is 23.9. The molecule has 3 rings (SSSR count). The highest BCUT2D eigenvalue weighted by Crippen LogP contribution is 2.35. The van der Waals surface area contributed by atoms with Crippen LogP contribution in [0, 0.1) is 11.8 Å². The lowest BCUT2D eigenvalue weighted by molar-refractivity contribution is -0.163. The maximum Gasteiger partial charge on any atom is 0.338 e. The summed E-state index contributed by atoms with van der Waals surface area (Å²) in [5, 5.41) is 0. The van der Waals surface area contributed by atoms with Gasteiger partial charge >= 0.3 is 11.9 Å². The number of carbonyl (C=O) groups excluding carboxylic acids is 2. The number of aryl methyl sites for hydroxylation is 1. The van der Waals surface area contributed by atoms with Crippen LogP contribution in [0.4, 0.5) is 0 Å². The van der Waals surface area contributed by atoms with Crippen molar-refractivity contribution in [1.82, 2.24) is 0 Å². The van der Waals surface area contributed by atoms with Gasteiger partial charge in [0.05, 0.1) is 13.2 Å². The number of ether oxygens (including phenoxy) is 4. The van der Waals surface area contributed by atoms with Crippen molar-refractivity contribution < 1.29 is 28.5 Å². The average Bonchev–Trinajstić information content (AvgIpc) is 3.39. The SMILES string of the molecule is CCCCOC(=O)[C@@H]1OC(c2ccc(CCCCC3CCC(CCC)CC3)cc2)O[C@H]1C(=O)OCCCC. The number of esters is 2. The Bertz CT molecular complexity index is 784. The minimum absolute atomic E-state index is 0.298. The third kappa shape index (κ3) is 9.68. The van der Waals surface area contributed by atoms with E-state index in [-0.39, 0.29) is 0 Å². The number of hydrogen-bond acceptors (Lipinski definition) is 6. The summed E-state index contributed by atoms with van der Waals surface area (Å²) in [5.41, 5.74) is 2.07. The quantitative estimate of drug-likeness (QED) is 0.163. The van der Waals surface area contributed by atoms with Gasteiger partial charge < -0.3 is 18.9 Å². The van der Waals surface area contributed by atoms with Gasteiger partial charge in [-0.25, -0.2) is 9.59 Å². The Hall–Kier alpha value is -1.92. The molecule has 0 radical (unpaired) electrons. The zero-order valence-electron chi connectivity index (χ0n) is 24.0. The minimum atomic E-state index is -1.12. The predicted octanol–water partition coefficient (Wildman–Crippen LogP) is 7.48. The van der Waals surface area contributed by atoms with E-state index in [0.717, 1.165) is 49.5 Å². The van der Waals surface area contributed by atoms with Crippen molar-refractivity contribution in [3.8, 4) is 0 Å². The highest BCUT2D eigenvalue weighted by atomic mass is 16.8. The van der Waals surface area contributed by atoms with E-state index in [0.29, 0.717) is 13.2 Å². The van der Waals surface area contributed by atoms with E-state index in [4.69, 9.17) is 18.9 Å². The van der Waals surface area contributed by atoms with Gasteiger partial charge in [0.15, 0.2) is 18.5 Å². The average molecular weight is 531 g/mol. The summed E-state index contributed by atoms with van der Waals surface area (Å²) >= 11 is 0. The van der Waals surface area contributed by atoms with Crippen LogP contribution < -0.4 is 0 Å². The Morgan fingerprint density at radius 1 is 0.711 bits per heavy atom. The van der Waals surface area contributed by atoms with Gasteiger partial charge in [0.25, 0.3) is 0 Å². The Morgan fingerprint density at radius 3 is 1.74 bits per heavy atom. The fraction of sp³-hybridized carbons (Fsp3) is 0.750. The summed E-state index contributed by atoms with van der Waals surface area (Å²) in [5.74, 6) is 0.750. The van der Waals surface area contributed by atoms with Crippen LogP contribution in [-0.4, -0.2) is 37.4 Å². The summed E-state index contributed by atoms with van der Waals surface area (Å²) < 4.78 is 22.5. The first-order chi connectivity index (χ1) is 18.5.